The number of fused-ring (bicyclic) bond motifs is 3. The number of non-ortho nitro benzene ring substituents is 1. The fraction of sp³-hybridized carbons (Fsp3) is 0.321. The van der Waals surface area contributed by atoms with Crippen molar-refractivity contribution in [1.29, 1.82) is 0 Å². The summed E-state index contributed by atoms with van der Waals surface area (Å²) in [6, 6.07) is 6.98. The lowest BCUT2D eigenvalue weighted by Crippen LogP contribution is -2.70. The van der Waals surface area contributed by atoms with Crippen molar-refractivity contribution in [1.82, 2.24) is 4.90 Å². The average molecular weight is 566 g/mol. The number of hydrogen-bond donors (Lipinski definition) is 6. The van der Waals surface area contributed by atoms with Crippen LogP contribution in [0.2, 0.25) is 0 Å². The highest BCUT2D eigenvalue weighted by molar-refractivity contribution is 6.24. The van der Waals surface area contributed by atoms with E-state index in [0.717, 1.165) is 0 Å². The quantitative estimate of drug-likeness (QED) is 0.175. The number of likely N-dealkylation sites (N-methyl/N-ethyl adjacent to an activating group) is 1. The van der Waals surface area contributed by atoms with Gasteiger partial charge in [-0.05, 0) is 61.0 Å². The summed E-state index contributed by atoms with van der Waals surface area (Å²) in [6.45, 7) is 1.62. The lowest BCUT2D eigenvalue weighted by Gasteiger charge is -2.53. The molecule has 0 aromatic heterocycles. The van der Waals surface area contributed by atoms with Crippen LogP contribution in [0.4, 0.5) is 5.69 Å². The van der Waals surface area contributed by atoms with E-state index >= 15 is 0 Å². The van der Waals surface area contributed by atoms with Crippen molar-refractivity contribution in [3.8, 4) is 16.9 Å². The van der Waals surface area contributed by atoms with Gasteiger partial charge in [0.2, 0.25) is 5.78 Å². The van der Waals surface area contributed by atoms with Gasteiger partial charge in [-0.15, -0.1) is 0 Å². The molecule has 2 aromatic rings. The molecule has 3 aliphatic carbocycles. The van der Waals surface area contributed by atoms with E-state index in [0.29, 0.717) is 16.7 Å². The Labute approximate surface area is 232 Å². The van der Waals surface area contributed by atoms with Crippen molar-refractivity contribution >= 4 is 28.9 Å². The molecule has 1 amide bonds. The number of phenolic OH excluding ortho intramolecular Hbond substituents is 1. The molecule has 6 unspecified atom stereocenters. The lowest BCUT2D eigenvalue weighted by molar-refractivity contribution is -0.384. The number of aromatic hydroxyl groups is 1. The van der Waals surface area contributed by atoms with E-state index in [1.807, 2.05) is 0 Å². The Morgan fingerprint density at radius 1 is 1.07 bits per heavy atom. The number of aliphatic hydroxyl groups excluding tert-OH is 3. The molecule has 0 bridgehead atoms. The van der Waals surface area contributed by atoms with Crippen LogP contribution in [0.25, 0.3) is 16.9 Å². The first-order valence-electron chi connectivity index (χ1n) is 12.6. The van der Waals surface area contributed by atoms with Gasteiger partial charge in [-0.3, -0.25) is 29.4 Å². The van der Waals surface area contributed by atoms with Crippen LogP contribution in [-0.4, -0.2) is 84.7 Å². The van der Waals surface area contributed by atoms with Gasteiger partial charge < -0.3 is 31.3 Å². The van der Waals surface area contributed by atoms with Crippen molar-refractivity contribution in [3.63, 3.8) is 0 Å². The summed E-state index contributed by atoms with van der Waals surface area (Å²) in [6.07, 6.45) is -1.71. The van der Waals surface area contributed by atoms with E-state index in [-0.39, 0.29) is 11.3 Å². The van der Waals surface area contributed by atoms with Crippen LogP contribution in [0.15, 0.2) is 53.3 Å². The van der Waals surface area contributed by atoms with Crippen LogP contribution in [0.1, 0.15) is 24.0 Å². The number of Topliss-reactive ketones (excluding diaryl/α,β-unsaturated/α-hetero) is 2. The Morgan fingerprint density at radius 2 is 1.68 bits per heavy atom. The first-order chi connectivity index (χ1) is 19.1. The summed E-state index contributed by atoms with van der Waals surface area (Å²) in [4.78, 5) is 51.1. The fourth-order valence-corrected chi connectivity index (χ4v) is 6.59. The molecule has 2 aromatic carbocycles. The number of nitrogens with two attached hydrogens (primary N) is 1. The zero-order chi connectivity index (χ0) is 30.3. The number of carbonyl (C=O) groups is 3. The van der Waals surface area contributed by atoms with Gasteiger partial charge in [0.15, 0.2) is 11.4 Å². The largest absolute Gasteiger partial charge is 0.508 e. The number of nitro groups is 1. The molecule has 0 saturated heterocycles. The number of carbonyl (C=O) groups excluding carboxylic acids is 3. The minimum absolute atomic E-state index is 0.139. The van der Waals surface area contributed by atoms with Crippen molar-refractivity contribution in [2.75, 3.05) is 14.1 Å². The number of nitro benzene ring substituents is 1. The van der Waals surface area contributed by atoms with Crippen LogP contribution in [0, 0.1) is 22.0 Å². The monoisotopic (exact) mass is 565 g/mol. The number of ketones is 2. The highest BCUT2D eigenvalue weighted by Gasteiger charge is 2.68. The van der Waals surface area contributed by atoms with Crippen LogP contribution in [0.3, 0.4) is 0 Å². The molecule has 13 nitrogen and oxygen atoms in total. The number of phenols is 1. The summed E-state index contributed by atoms with van der Waals surface area (Å²) in [5.74, 6) is -9.77. The SMILES string of the molecule is CC1c2cc(-c3ccc([N+](=O)[O-])cc3)cc(O)c2C(O)=C2C(=O)C3(O)C(O)=C(C(N)=O)C(=O)C(N(C)C)C3C(O)C21. The molecule has 3 aliphatic rings. The van der Waals surface area contributed by atoms with E-state index in [1.165, 1.54) is 49.3 Å². The number of benzene rings is 2. The Bertz CT molecular complexity index is 1610. The number of primary amides is 1. The van der Waals surface area contributed by atoms with Gasteiger partial charge in [-0.1, -0.05) is 6.92 Å². The minimum Gasteiger partial charge on any atom is -0.508 e. The first kappa shape index (κ1) is 28.0. The van der Waals surface area contributed by atoms with Crippen molar-refractivity contribution < 1.29 is 44.8 Å². The highest BCUT2D eigenvalue weighted by Crippen LogP contribution is 2.56. The third-order valence-corrected chi connectivity index (χ3v) is 8.48. The predicted octanol–water partition coefficient (Wildman–Crippen LogP) is 1.07. The molecule has 41 heavy (non-hydrogen) atoms. The van der Waals surface area contributed by atoms with Crippen molar-refractivity contribution in [2.45, 2.75) is 30.6 Å². The molecule has 0 spiro atoms. The third-order valence-electron chi connectivity index (χ3n) is 8.48. The van der Waals surface area contributed by atoms with E-state index in [2.05, 4.69) is 0 Å². The normalized spacial score (nSPS) is 29.3. The number of aliphatic hydroxyl groups is 4. The lowest BCUT2D eigenvalue weighted by atomic mass is 9.54. The maximum atomic E-state index is 14.0. The second-order valence-electron chi connectivity index (χ2n) is 10.8. The van der Waals surface area contributed by atoms with Gasteiger partial charge in [0.1, 0.15) is 22.8 Å². The standard InChI is InChI=1S/C28H27N3O10/c1-10-14-8-12(11-4-6-13(7-5-11)31(40)41)9-15(32)17(14)22(33)18-16(10)23(34)20-21(30(2)3)24(35)19(27(29)38)26(37)28(20,39)25(18)36/h4-10,16,20-21,23,32-34,37,39H,1-3H3,(H2,29,38). The third kappa shape index (κ3) is 3.70. The summed E-state index contributed by atoms with van der Waals surface area (Å²) < 4.78 is 0. The van der Waals surface area contributed by atoms with Gasteiger partial charge in [0.25, 0.3) is 11.6 Å². The molecule has 0 radical (unpaired) electrons. The topological polar surface area (TPSA) is 225 Å². The second-order valence-corrected chi connectivity index (χ2v) is 10.8. The summed E-state index contributed by atoms with van der Waals surface area (Å²) in [5.41, 5.74) is 1.82. The molecule has 6 atom stereocenters. The fourth-order valence-electron chi connectivity index (χ4n) is 6.59. The predicted molar refractivity (Wildman–Crippen MR) is 142 cm³/mol. The molecular weight excluding hydrogens is 538 g/mol. The Morgan fingerprint density at radius 3 is 2.22 bits per heavy atom. The van der Waals surface area contributed by atoms with E-state index in [4.69, 9.17) is 5.73 Å². The molecule has 1 fully saturated rings. The maximum Gasteiger partial charge on any atom is 0.269 e. The maximum absolute atomic E-state index is 14.0. The molecule has 1 saturated carbocycles. The van der Waals surface area contributed by atoms with Gasteiger partial charge in [0, 0.05) is 23.6 Å². The van der Waals surface area contributed by atoms with Crippen molar-refractivity contribution in [3.05, 3.63) is 74.5 Å². The smallest absolute Gasteiger partial charge is 0.269 e. The summed E-state index contributed by atoms with van der Waals surface area (Å²) in [7, 11) is 2.86. The number of hydrogen-bond acceptors (Lipinski definition) is 11. The molecule has 0 heterocycles. The highest BCUT2D eigenvalue weighted by atomic mass is 16.6. The number of rotatable bonds is 4. The Kier molecular flexibility index (Phi) is 6.29. The summed E-state index contributed by atoms with van der Waals surface area (Å²) in [5, 5.41) is 67.7. The van der Waals surface area contributed by atoms with Crippen molar-refractivity contribution in [2.24, 2.45) is 17.6 Å². The van der Waals surface area contributed by atoms with E-state index in [1.54, 1.807) is 13.0 Å². The van der Waals surface area contributed by atoms with Crippen LogP contribution >= 0.6 is 0 Å². The molecule has 7 N–H and O–H groups in total. The minimum atomic E-state index is -2.99. The van der Waals surface area contributed by atoms with Gasteiger partial charge in [0.05, 0.1) is 28.6 Å². The van der Waals surface area contributed by atoms with Gasteiger partial charge >= 0.3 is 0 Å². The van der Waals surface area contributed by atoms with Gasteiger partial charge in [-0.25, -0.2) is 0 Å². The average Bonchev–Trinajstić information content (AvgIpc) is 2.90. The Balaban J connectivity index is 1.73. The van der Waals surface area contributed by atoms with Crippen LogP contribution in [-0.2, 0) is 14.4 Å². The van der Waals surface area contributed by atoms with E-state index < -0.39 is 86.3 Å². The summed E-state index contributed by atoms with van der Waals surface area (Å²) >= 11 is 0. The van der Waals surface area contributed by atoms with Crippen LogP contribution in [0.5, 0.6) is 5.75 Å². The Hall–Kier alpha value is -4.59. The van der Waals surface area contributed by atoms with Crippen LogP contribution < -0.4 is 5.73 Å². The number of nitrogens with zero attached hydrogens (tertiary/aromatic N) is 2. The molecular formula is C28H27N3O10. The molecule has 5 rings (SSSR count). The number of amides is 1. The molecule has 0 aliphatic heterocycles. The second kappa shape index (κ2) is 9.23. The molecule has 13 heteroatoms. The zero-order valence-electron chi connectivity index (χ0n) is 22.1. The van der Waals surface area contributed by atoms with E-state index in [9.17, 15) is 50.0 Å². The molecule has 214 valence electrons. The first-order valence-corrected chi connectivity index (χ1v) is 12.6. The van der Waals surface area contributed by atoms with Gasteiger partial charge in [-0.2, -0.15) is 0 Å². The zero-order valence-corrected chi connectivity index (χ0v) is 22.1.